The number of carbonyl (C=O) groups excluding carboxylic acids is 6. The third-order valence-corrected chi connectivity index (χ3v) is 18.2. The van der Waals surface area contributed by atoms with Gasteiger partial charge in [-0.3, -0.25) is 9.59 Å². The summed E-state index contributed by atoms with van der Waals surface area (Å²) in [6.45, 7) is 8.75. The number of hydrogen-bond donors (Lipinski definition) is 0. The zero-order valence-electron chi connectivity index (χ0n) is 56.2. The van der Waals surface area contributed by atoms with Crippen LogP contribution in [0.5, 0.6) is 23.0 Å². The van der Waals surface area contributed by atoms with Gasteiger partial charge in [-0.2, -0.15) is 0 Å². The van der Waals surface area contributed by atoms with E-state index in [-0.39, 0.29) is 48.7 Å². The molecule has 0 bridgehead atoms. The molecule has 2 aliphatic rings. The number of carbonyl (C=O) groups is 6. The van der Waals surface area contributed by atoms with Crippen molar-refractivity contribution in [2.75, 3.05) is 0 Å². The molecular weight excluding hydrogens is 1200 g/mol. The summed E-state index contributed by atoms with van der Waals surface area (Å²) in [4.78, 5) is 82.7. The summed E-state index contributed by atoms with van der Waals surface area (Å²) in [6.07, 6.45) is 20.6. The van der Waals surface area contributed by atoms with Crippen molar-refractivity contribution >= 4 is 35.8 Å². The van der Waals surface area contributed by atoms with Crippen LogP contribution in [-0.4, -0.2) is 35.8 Å². The Morgan fingerprint density at radius 2 is 0.500 bits per heavy atom. The van der Waals surface area contributed by atoms with E-state index in [1.807, 2.05) is 72.8 Å². The first-order valence-corrected chi connectivity index (χ1v) is 35.1. The smallest absolute Gasteiger partial charge is 0.343 e. The van der Waals surface area contributed by atoms with Gasteiger partial charge in [-0.1, -0.05) is 178 Å². The van der Waals surface area contributed by atoms with Crippen molar-refractivity contribution in [2.24, 2.45) is 0 Å². The van der Waals surface area contributed by atoms with Crippen molar-refractivity contribution in [3.05, 3.63) is 237 Å². The first-order valence-electron chi connectivity index (χ1n) is 35.1. The Labute approximate surface area is 566 Å². The molecule has 0 aliphatic heterocycles. The summed E-state index contributed by atoms with van der Waals surface area (Å²) in [6, 6.07) is 51.0. The second-order valence-electron chi connectivity index (χ2n) is 25.5. The predicted molar refractivity (Wildman–Crippen MR) is 375 cm³/mol. The van der Waals surface area contributed by atoms with Crippen LogP contribution >= 0.6 is 0 Å². The summed E-state index contributed by atoms with van der Waals surface area (Å²) in [5.41, 5.74) is 11.6. The molecule has 0 spiro atoms. The number of hydrogen-bond acceptors (Lipinski definition) is 12. The van der Waals surface area contributed by atoms with Crippen LogP contribution in [0.2, 0.25) is 0 Å². The lowest BCUT2D eigenvalue weighted by Crippen LogP contribution is -2.13. The van der Waals surface area contributed by atoms with Crippen molar-refractivity contribution in [1.82, 2.24) is 0 Å². The molecule has 0 fully saturated rings. The fourth-order valence-electron chi connectivity index (χ4n) is 12.7. The van der Waals surface area contributed by atoms with Crippen LogP contribution in [0.3, 0.4) is 0 Å². The van der Waals surface area contributed by atoms with E-state index in [0.717, 1.165) is 147 Å². The standard InChI is InChI=1S/C84H90O12/c1-5-9-13-17-23-57-29-37-61(38-30-57)81(87)91-65-45-49-69-70-50-46-66(92-82(88)62-39-31-58(32-40-62)24-18-14-10-6-2)54-74(70)79(73(69)53-65)95-77(85)27-21-22-28-78(86)96-80-75-55-67(93-83(89)63-41-33-59(34-42-63)25-19-15-11-7-3)47-51-71(75)72-52-48-68(56-76(72)80)94-84(90)64-43-35-60(36-44-64)26-20-16-12-8-4/h29-56,79-80H,5-28H2,1-4H3. The van der Waals surface area contributed by atoms with E-state index >= 15 is 0 Å². The first-order chi connectivity index (χ1) is 46.9. The van der Waals surface area contributed by atoms with E-state index in [0.29, 0.717) is 44.5 Å². The highest BCUT2D eigenvalue weighted by Crippen LogP contribution is 2.50. The van der Waals surface area contributed by atoms with Gasteiger partial charge in [0.15, 0.2) is 12.2 Å². The van der Waals surface area contributed by atoms with Crippen LogP contribution in [0.4, 0.5) is 0 Å². The summed E-state index contributed by atoms with van der Waals surface area (Å²) in [5.74, 6) is -2.13. The molecule has 0 aromatic heterocycles. The van der Waals surface area contributed by atoms with E-state index in [4.69, 9.17) is 28.4 Å². The normalized spacial score (nSPS) is 12.1. The topological polar surface area (TPSA) is 158 Å². The van der Waals surface area contributed by atoms with Gasteiger partial charge in [0.2, 0.25) is 0 Å². The van der Waals surface area contributed by atoms with E-state index in [1.54, 1.807) is 97.1 Å². The van der Waals surface area contributed by atoms with Crippen LogP contribution in [0, 0.1) is 0 Å². The molecule has 0 saturated heterocycles. The Morgan fingerprint density at radius 1 is 0.271 bits per heavy atom. The summed E-state index contributed by atoms with van der Waals surface area (Å²) in [5, 5.41) is 0. The molecule has 12 heteroatoms. The quantitative estimate of drug-likeness (QED) is 0.0211. The highest BCUT2D eigenvalue weighted by Gasteiger charge is 2.35. The number of aryl methyl sites for hydroxylation is 4. The molecule has 0 atom stereocenters. The lowest BCUT2D eigenvalue weighted by Gasteiger charge is -2.17. The lowest BCUT2D eigenvalue weighted by molar-refractivity contribution is -0.149. The maximum absolute atomic E-state index is 14.1. The Balaban J connectivity index is 0.822. The molecule has 12 nitrogen and oxygen atoms in total. The average Bonchev–Trinajstić information content (AvgIpc) is 1.61. The van der Waals surface area contributed by atoms with Gasteiger partial charge < -0.3 is 28.4 Å². The number of unbranched alkanes of at least 4 members (excludes halogenated alkanes) is 13. The SMILES string of the molecule is CCCCCCc1ccc(C(=O)Oc2ccc3c(c2)C(OC(=O)CCCCC(=O)OC2c4cc(OC(=O)c5ccc(CCCCCC)cc5)ccc4-c4ccc(OC(=O)c5ccc(CCCCCC)cc5)cc42)c2cc(OC(=O)c4ccc(CCCCCC)cc4)ccc2-3)cc1. The van der Waals surface area contributed by atoms with Crippen LogP contribution in [0.1, 0.15) is 254 Å². The first kappa shape index (κ1) is 69.4. The minimum absolute atomic E-state index is 0.0527. The fourth-order valence-corrected chi connectivity index (χ4v) is 12.7. The van der Waals surface area contributed by atoms with Gasteiger partial charge >= 0.3 is 35.8 Å². The van der Waals surface area contributed by atoms with E-state index in [2.05, 4.69) is 27.7 Å². The zero-order valence-corrected chi connectivity index (χ0v) is 56.2. The number of rotatable bonds is 35. The van der Waals surface area contributed by atoms with E-state index < -0.39 is 48.0 Å². The van der Waals surface area contributed by atoms with Crippen molar-refractivity contribution in [2.45, 2.75) is 194 Å². The van der Waals surface area contributed by atoms with Crippen LogP contribution in [0.25, 0.3) is 22.3 Å². The summed E-state index contributed by atoms with van der Waals surface area (Å²) >= 11 is 0. The molecule has 0 saturated carbocycles. The molecule has 0 unspecified atom stereocenters. The van der Waals surface area contributed by atoms with Crippen molar-refractivity contribution in [1.29, 1.82) is 0 Å². The highest BCUT2D eigenvalue weighted by atomic mass is 16.6. The molecule has 96 heavy (non-hydrogen) atoms. The Kier molecular flexibility index (Phi) is 25.2. The van der Waals surface area contributed by atoms with Crippen molar-refractivity contribution < 1.29 is 57.2 Å². The maximum Gasteiger partial charge on any atom is 0.343 e. The van der Waals surface area contributed by atoms with Crippen LogP contribution in [-0.2, 0) is 44.7 Å². The average molecular weight is 1290 g/mol. The minimum atomic E-state index is -0.962. The molecule has 498 valence electrons. The lowest BCUT2D eigenvalue weighted by atomic mass is 10.0. The van der Waals surface area contributed by atoms with Crippen LogP contribution < -0.4 is 18.9 Å². The van der Waals surface area contributed by atoms with Gasteiger partial charge in [-0.25, -0.2) is 19.2 Å². The largest absolute Gasteiger partial charge is 0.452 e. The molecule has 0 N–H and O–H groups in total. The Bertz CT molecular complexity index is 3460. The van der Waals surface area contributed by atoms with Gasteiger partial charge in [-0.05, 0) is 206 Å². The Hall–Kier alpha value is -9.42. The number of fused-ring (bicyclic) bond motifs is 6. The second-order valence-corrected chi connectivity index (χ2v) is 25.5. The van der Waals surface area contributed by atoms with Gasteiger partial charge in [0.05, 0.1) is 22.3 Å². The third kappa shape index (κ3) is 18.7. The number of benzene rings is 8. The highest BCUT2D eigenvalue weighted by molar-refractivity contribution is 5.94. The maximum atomic E-state index is 14.1. The Morgan fingerprint density at radius 3 is 0.719 bits per heavy atom. The summed E-state index contributed by atoms with van der Waals surface area (Å²) < 4.78 is 36.5. The van der Waals surface area contributed by atoms with Crippen molar-refractivity contribution in [3.63, 3.8) is 0 Å². The molecule has 8 aromatic carbocycles. The number of ether oxygens (including phenoxy) is 6. The molecule has 10 rings (SSSR count). The third-order valence-electron chi connectivity index (χ3n) is 18.2. The van der Waals surface area contributed by atoms with E-state index in [1.165, 1.54) is 25.7 Å². The van der Waals surface area contributed by atoms with Gasteiger partial charge in [0, 0.05) is 35.1 Å². The molecule has 0 radical (unpaired) electrons. The number of esters is 6. The molecule has 0 amide bonds. The zero-order chi connectivity index (χ0) is 67.2. The molecule has 0 heterocycles. The van der Waals surface area contributed by atoms with Crippen molar-refractivity contribution in [3.8, 4) is 45.3 Å². The van der Waals surface area contributed by atoms with Gasteiger partial charge in [0.25, 0.3) is 0 Å². The van der Waals surface area contributed by atoms with Gasteiger partial charge in [-0.15, -0.1) is 0 Å². The predicted octanol–water partition coefficient (Wildman–Crippen LogP) is 20.5. The van der Waals surface area contributed by atoms with E-state index in [9.17, 15) is 28.8 Å². The second kappa shape index (κ2) is 34.8. The molecular formula is C84H90O12. The van der Waals surface area contributed by atoms with Crippen LogP contribution in [0.15, 0.2) is 170 Å². The minimum Gasteiger partial charge on any atom is -0.452 e. The molecule has 2 aliphatic carbocycles. The monoisotopic (exact) mass is 1290 g/mol. The summed E-state index contributed by atoms with van der Waals surface area (Å²) in [7, 11) is 0. The fraction of sp³-hybridized carbons (Fsp3) is 0.357. The molecule has 8 aromatic rings. The van der Waals surface area contributed by atoms with Gasteiger partial charge in [0.1, 0.15) is 23.0 Å².